The minimum absolute atomic E-state index is 0. The summed E-state index contributed by atoms with van der Waals surface area (Å²) in [6.07, 6.45) is -4.67. The Balaban J connectivity index is -0.00000000800. The average molecular weight is 280 g/mol. The molecule has 0 aromatic rings. The predicted molar refractivity (Wildman–Crippen MR) is 23.7 cm³/mol. The Morgan fingerprint density at radius 2 is 0.692 bits per heavy atom. The molecular weight excluding hydrogens is 280 g/mol. The first kappa shape index (κ1) is 46.5. The molecule has 0 aromatic heterocycles. The fourth-order valence-corrected chi connectivity index (χ4v) is 0. The quantitative estimate of drug-likeness (QED) is 0.397. The van der Waals surface area contributed by atoms with Crippen LogP contribution in [0.3, 0.4) is 0 Å². The van der Waals surface area contributed by atoms with E-state index in [1.165, 1.54) is 0 Å². The number of hydrogen-bond acceptors (Lipinski definition) is 6. The number of carbonyl (C=O) groups is 2. The molecule has 13 heavy (non-hydrogen) atoms. The summed E-state index contributed by atoms with van der Waals surface area (Å²) in [6, 6.07) is 0. The van der Waals surface area contributed by atoms with E-state index in [-0.39, 0.29) is 108 Å². The standard InChI is InChI=1S/2CH2O3.2Ca.2O.Ti/c2*2-1(3)4;;;;;/h2*(H2,2,3,4);;;;;/q;;2*+2;2*-2;+4/p-4. The van der Waals surface area contributed by atoms with Crippen molar-refractivity contribution in [2.24, 2.45) is 0 Å². The van der Waals surface area contributed by atoms with Crippen LogP contribution in [0.5, 0.6) is 0 Å². The van der Waals surface area contributed by atoms with E-state index >= 15 is 0 Å². The maximum absolute atomic E-state index is 8.33. The van der Waals surface area contributed by atoms with Gasteiger partial charge in [0, 0.05) is 0 Å². The molecule has 0 saturated heterocycles. The van der Waals surface area contributed by atoms with Crippen LogP contribution in [0.4, 0.5) is 9.59 Å². The summed E-state index contributed by atoms with van der Waals surface area (Å²) in [5.41, 5.74) is 0. The molecule has 0 N–H and O–H groups in total. The summed E-state index contributed by atoms with van der Waals surface area (Å²) in [4.78, 5) is 16.7. The van der Waals surface area contributed by atoms with Gasteiger partial charge >= 0.3 is 97.2 Å². The van der Waals surface area contributed by atoms with Gasteiger partial charge in [-0.15, -0.1) is 0 Å². The SMILES string of the molecule is O=C([O-])[O-].O=C([O-])[O-].[Ca+2].[Ca+2].[O-2].[O-2].[Ti+4]. The molecule has 0 spiro atoms. The number of carbonyl (C=O) groups excluding carboxylic acids is 2. The van der Waals surface area contributed by atoms with Crippen LogP contribution in [0.25, 0.3) is 0 Å². The third-order valence-corrected chi connectivity index (χ3v) is 0. The minimum Gasteiger partial charge on any atom is -2.00 e. The van der Waals surface area contributed by atoms with Gasteiger partial charge in [0.25, 0.3) is 0 Å². The molecule has 0 aliphatic rings. The van der Waals surface area contributed by atoms with Gasteiger partial charge in [-0.1, -0.05) is 0 Å². The molecule has 0 heterocycles. The van der Waals surface area contributed by atoms with Crippen molar-refractivity contribution in [2.75, 3.05) is 0 Å². The van der Waals surface area contributed by atoms with Crippen LogP contribution in [0.15, 0.2) is 0 Å². The first-order chi connectivity index (χ1) is 3.46. The zero-order chi connectivity index (χ0) is 7.15. The summed E-state index contributed by atoms with van der Waals surface area (Å²) in [5.74, 6) is 0. The second-order valence-corrected chi connectivity index (χ2v) is 0.500. The van der Waals surface area contributed by atoms with Crippen LogP contribution < -0.4 is 20.4 Å². The molecule has 11 heteroatoms. The molecule has 0 fully saturated rings. The topological polar surface area (TPSA) is 183 Å². The van der Waals surface area contributed by atoms with Gasteiger partial charge in [-0.3, -0.25) is 0 Å². The molecule has 0 atom stereocenters. The normalized spacial score (nSPS) is 3.69. The Bertz CT molecular complexity index is 78.1. The predicted octanol–water partition coefficient (Wildman–Crippen LogP) is -5.90. The minimum atomic E-state index is -2.33. The van der Waals surface area contributed by atoms with Crippen molar-refractivity contribution in [3.63, 3.8) is 0 Å². The maximum atomic E-state index is 8.33. The summed E-state index contributed by atoms with van der Waals surface area (Å²) in [5, 5.41) is 33.3. The molecule has 0 aromatic carbocycles. The summed E-state index contributed by atoms with van der Waals surface area (Å²) in [6.45, 7) is 0. The van der Waals surface area contributed by atoms with Crippen LogP contribution >= 0.6 is 0 Å². The van der Waals surface area contributed by atoms with Crippen molar-refractivity contribution >= 4 is 87.8 Å². The molecule has 0 radical (unpaired) electrons. The molecule has 0 unspecified atom stereocenters. The van der Waals surface area contributed by atoms with Gasteiger partial charge in [0.15, 0.2) is 0 Å². The third-order valence-electron chi connectivity index (χ3n) is 0. The Kier molecular flexibility index (Phi) is 133. The van der Waals surface area contributed by atoms with Crippen molar-refractivity contribution in [3.8, 4) is 0 Å². The van der Waals surface area contributed by atoms with Crippen LogP contribution in [0.2, 0.25) is 0 Å². The molecular formula is C2Ca2O8Ti. The molecule has 0 aliphatic heterocycles. The summed E-state index contributed by atoms with van der Waals surface area (Å²) in [7, 11) is 0. The Morgan fingerprint density at radius 3 is 0.692 bits per heavy atom. The molecule has 0 aliphatic carbocycles. The molecule has 0 amide bonds. The summed E-state index contributed by atoms with van der Waals surface area (Å²) < 4.78 is 0. The van der Waals surface area contributed by atoms with E-state index in [9.17, 15) is 0 Å². The van der Waals surface area contributed by atoms with Gasteiger partial charge < -0.3 is 41.0 Å². The second kappa shape index (κ2) is 37.3. The molecule has 64 valence electrons. The van der Waals surface area contributed by atoms with E-state index in [1.54, 1.807) is 0 Å². The van der Waals surface area contributed by atoms with Crippen molar-refractivity contribution in [1.29, 1.82) is 0 Å². The van der Waals surface area contributed by atoms with Crippen LogP contribution in [-0.2, 0) is 32.7 Å². The van der Waals surface area contributed by atoms with Gasteiger partial charge in [-0.25, -0.2) is 0 Å². The van der Waals surface area contributed by atoms with Gasteiger partial charge in [-0.05, 0) is 12.3 Å². The van der Waals surface area contributed by atoms with E-state index < -0.39 is 12.3 Å². The third kappa shape index (κ3) is 653. The Hall–Kier alpha value is 1.69. The molecule has 0 bridgehead atoms. The van der Waals surface area contributed by atoms with E-state index in [1.807, 2.05) is 0 Å². The van der Waals surface area contributed by atoms with E-state index in [2.05, 4.69) is 0 Å². The van der Waals surface area contributed by atoms with Crippen LogP contribution in [0.1, 0.15) is 0 Å². The van der Waals surface area contributed by atoms with Crippen molar-refractivity contribution in [2.45, 2.75) is 0 Å². The van der Waals surface area contributed by atoms with E-state index in [4.69, 9.17) is 30.0 Å². The van der Waals surface area contributed by atoms with Crippen molar-refractivity contribution < 1.29 is 62.7 Å². The fraction of sp³-hybridized carbons (Fsp3) is 0. The van der Waals surface area contributed by atoms with Crippen molar-refractivity contribution in [1.82, 2.24) is 0 Å². The average Bonchev–Trinajstić information content (AvgIpc) is 1.25. The van der Waals surface area contributed by atoms with Gasteiger partial charge in [-0.2, -0.15) is 0 Å². The fourth-order valence-electron chi connectivity index (χ4n) is 0. The first-order valence-corrected chi connectivity index (χ1v) is 1.22. The Labute approximate surface area is 148 Å². The summed E-state index contributed by atoms with van der Waals surface area (Å²) >= 11 is 0. The number of rotatable bonds is 0. The van der Waals surface area contributed by atoms with E-state index in [0.717, 1.165) is 0 Å². The zero-order valence-electron chi connectivity index (χ0n) is 6.18. The maximum Gasteiger partial charge on any atom is 4.00 e. The smallest absolute Gasteiger partial charge is 2.00 e. The van der Waals surface area contributed by atoms with Gasteiger partial charge in [0.2, 0.25) is 0 Å². The second-order valence-electron chi connectivity index (χ2n) is 0.500. The van der Waals surface area contributed by atoms with Crippen LogP contribution in [0, 0.1) is 0 Å². The molecule has 0 saturated carbocycles. The largest absolute Gasteiger partial charge is 4.00 e. The van der Waals surface area contributed by atoms with Crippen molar-refractivity contribution in [3.05, 3.63) is 0 Å². The Morgan fingerprint density at radius 1 is 0.692 bits per heavy atom. The monoisotopic (exact) mass is 280 g/mol. The van der Waals surface area contributed by atoms with Gasteiger partial charge in [0.1, 0.15) is 0 Å². The number of carboxylic acid groups (broad SMARTS) is 4. The van der Waals surface area contributed by atoms with E-state index in [0.29, 0.717) is 0 Å². The van der Waals surface area contributed by atoms with Crippen LogP contribution in [-0.4, -0.2) is 87.8 Å². The van der Waals surface area contributed by atoms with Gasteiger partial charge in [0.05, 0.1) is 0 Å². The first-order valence-electron chi connectivity index (χ1n) is 1.22. The molecule has 8 nitrogen and oxygen atoms in total. The number of hydrogen-bond donors (Lipinski definition) is 0. The zero-order valence-corrected chi connectivity index (χ0v) is 12.2. The molecule has 0 rings (SSSR count).